The van der Waals surface area contributed by atoms with Gasteiger partial charge in [-0.2, -0.15) is 0 Å². The zero-order chi connectivity index (χ0) is 15.4. The van der Waals surface area contributed by atoms with Crippen molar-refractivity contribution < 1.29 is 0 Å². The molecule has 1 aromatic heterocycles. The standard InChI is InChI=1S/C14H23N5OS/c1-3-4-11(14(15)21)18-5-7-19(8-6-18)12-9-13(20)17-10(2)16-12/h9,11H,3-8H2,1-2H3,(H2,15,21)(H,16,17,20). The SMILES string of the molecule is CCCC(C(N)=S)N1CCN(c2cc(=O)[nH]c(C)n2)CC1. The van der Waals surface area contributed by atoms with Gasteiger partial charge in [0.25, 0.3) is 5.56 Å². The molecule has 0 spiro atoms. The Kier molecular flexibility index (Phi) is 5.30. The number of piperazine rings is 1. The Hall–Kier alpha value is -1.47. The van der Waals surface area contributed by atoms with Crippen LogP contribution in [-0.4, -0.2) is 52.1 Å². The Morgan fingerprint density at radius 1 is 1.48 bits per heavy atom. The Balaban J connectivity index is 2.02. The van der Waals surface area contributed by atoms with E-state index in [4.69, 9.17) is 18.0 Å². The summed E-state index contributed by atoms with van der Waals surface area (Å²) in [5.41, 5.74) is 5.75. The summed E-state index contributed by atoms with van der Waals surface area (Å²) < 4.78 is 0. The summed E-state index contributed by atoms with van der Waals surface area (Å²) in [6.45, 7) is 7.37. The van der Waals surface area contributed by atoms with E-state index in [1.165, 1.54) is 0 Å². The smallest absolute Gasteiger partial charge is 0.252 e. The summed E-state index contributed by atoms with van der Waals surface area (Å²) >= 11 is 5.19. The first-order valence-electron chi connectivity index (χ1n) is 7.37. The van der Waals surface area contributed by atoms with Gasteiger partial charge in [-0.25, -0.2) is 4.98 Å². The predicted molar refractivity (Wildman–Crippen MR) is 88.9 cm³/mol. The number of thiocarbonyl (C=S) groups is 1. The van der Waals surface area contributed by atoms with Crippen molar-refractivity contribution in [1.29, 1.82) is 0 Å². The van der Waals surface area contributed by atoms with Crippen LogP contribution in [0.15, 0.2) is 10.9 Å². The van der Waals surface area contributed by atoms with E-state index in [1.807, 2.05) is 0 Å². The fourth-order valence-electron chi connectivity index (χ4n) is 2.77. The topological polar surface area (TPSA) is 78.2 Å². The van der Waals surface area contributed by atoms with E-state index in [-0.39, 0.29) is 11.6 Å². The molecule has 2 rings (SSSR count). The minimum atomic E-state index is -0.105. The number of aromatic nitrogens is 2. The van der Waals surface area contributed by atoms with E-state index in [1.54, 1.807) is 13.0 Å². The maximum absolute atomic E-state index is 11.5. The van der Waals surface area contributed by atoms with Crippen molar-refractivity contribution in [3.8, 4) is 0 Å². The maximum Gasteiger partial charge on any atom is 0.252 e. The molecular formula is C14H23N5OS. The van der Waals surface area contributed by atoms with Gasteiger partial charge in [-0.05, 0) is 13.3 Å². The molecule has 21 heavy (non-hydrogen) atoms. The summed E-state index contributed by atoms with van der Waals surface area (Å²) in [5, 5.41) is 0. The molecule has 1 aliphatic heterocycles. The van der Waals surface area contributed by atoms with Gasteiger partial charge in [-0.15, -0.1) is 0 Å². The molecule has 1 atom stereocenters. The fraction of sp³-hybridized carbons (Fsp3) is 0.643. The molecule has 0 radical (unpaired) electrons. The third-order valence-electron chi connectivity index (χ3n) is 3.82. The molecule has 0 aromatic carbocycles. The van der Waals surface area contributed by atoms with Crippen LogP contribution in [0.5, 0.6) is 0 Å². The highest BCUT2D eigenvalue weighted by atomic mass is 32.1. The molecule has 0 aliphatic carbocycles. The van der Waals surface area contributed by atoms with E-state index >= 15 is 0 Å². The molecule has 0 bridgehead atoms. The predicted octanol–water partition coefficient (Wildman–Crippen LogP) is 0.655. The first kappa shape index (κ1) is 15.9. The first-order valence-corrected chi connectivity index (χ1v) is 7.78. The van der Waals surface area contributed by atoms with Gasteiger partial charge < -0.3 is 15.6 Å². The zero-order valence-electron chi connectivity index (χ0n) is 12.6. The fourth-order valence-corrected chi connectivity index (χ4v) is 3.03. The van der Waals surface area contributed by atoms with Crippen molar-refractivity contribution in [3.63, 3.8) is 0 Å². The number of aryl methyl sites for hydroxylation is 1. The lowest BCUT2D eigenvalue weighted by molar-refractivity contribution is 0.219. The Bertz CT molecular complexity index is 551. The van der Waals surface area contributed by atoms with Crippen LogP contribution < -0.4 is 16.2 Å². The van der Waals surface area contributed by atoms with E-state index in [0.29, 0.717) is 10.8 Å². The second-order valence-corrected chi connectivity index (χ2v) is 5.89. The van der Waals surface area contributed by atoms with Gasteiger partial charge in [0.05, 0.1) is 11.0 Å². The first-order chi connectivity index (χ1) is 10.0. The van der Waals surface area contributed by atoms with Crippen molar-refractivity contribution in [3.05, 3.63) is 22.2 Å². The van der Waals surface area contributed by atoms with Crippen LogP contribution in [0.1, 0.15) is 25.6 Å². The van der Waals surface area contributed by atoms with Gasteiger partial charge in [0.15, 0.2) is 0 Å². The highest BCUT2D eigenvalue weighted by Crippen LogP contribution is 2.15. The number of anilines is 1. The van der Waals surface area contributed by atoms with Gasteiger partial charge in [-0.1, -0.05) is 25.6 Å². The second kappa shape index (κ2) is 7.00. The van der Waals surface area contributed by atoms with Gasteiger partial charge >= 0.3 is 0 Å². The average molecular weight is 309 g/mol. The van der Waals surface area contributed by atoms with Crippen LogP contribution in [0.3, 0.4) is 0 Å². The molecule has 6 nitrogen and oxygen atoms in total. The van der Waals surface area contributed by atoms with Crippen molar-refractivity contribution in [2.75, 3.05) is 31.1 Å². The minimum Gasteiger partial charge on any atom is -0.392 e. The summed E-state index contributed by atoms with van der Waals surface area (Å²) in [6.07, 6.45) is 2.06. The van der Waals surface area contributed by atoms with Gasteiger partial charge in [-0.3, -0.25) is 9.69 Å². The zero-order valence-corrected chi connectivity index (χ0v) is 13.4. The van der Waals surface area contributed by atoms with Gasteiger partial charge in [0.2, 0.25) is 0 Å². The lowest BCUT2D eigenvalue weighted by Gasteiger charge is -2.39. The van der Waals surface area contributed by atoms with Crippen molar-refractivity contribution in [2.45, 2.75) is 32.7 Å². The van der Waals surface area contributed by atoms with Gasteiger partial charge in [0.1, 0.15) is 11.6 Å². The highest BCUT2D eigenvalue weighted by molar-refractivity contribution is 7.80. The minimum absolute atomic E-state index is 0.105. The number of hydrogen-bond acceptors (Lipinski definition) is 5. The third-order valence-corrected chi connectivity index (χ3v) is 4.09. The van der Waals surface area contributed by atoms with Gasteiger partial charge in [0, 0.05) is 32.2 Å². The van der Waals surface area contributed by atoms with Crippen molar-refractivity contribution in [1.82, 2.24) is 14.9 Å². The Morgan fingerprint density at radius 3 is 2.67 bits per heavy atom. The molecule has 116 valence electrons. The van der Waals surface area contributed by atoms with Crippen LogP contribution in [0.25, 0.3) is 0 Å². The van der Waals surface area contributed by atoms with Crippen molar-refractivity contribution in [2.24, 2.45) is 5.73 Å². The molecule has 2 heterocycles. The van der Waals surface area contributed by atoms with Crippen LogP contribution in [0.2, 0.25) is 0 Å². The molecule has 1 aromatic rings. The normalized spacial score (nSPS) is 17.7. The molecule has 1 fully saturated rings. The second-order valence-electron chi connectivity index (χ2n) is 5.42. The van der Waals surface area contributed by atoms with E-state index < -0.39 is 0 Å². The summed E-state index contributed by atoms with van der Waals surface area (Å²) in [4.78, 5) is 23.7. The molecule has 3 N–H and O–H groups in total. The molecular weight excluding hydrogens is 286 g/mol. The monoisotopic (exact) mass is 309 g/mol. The number of nitrogens with one attached hydrogen (secondary N) is 1. The van der Waals surface area contributed by atoms with Crippen LogP contribution in [0, 0.1) is 6.92 Å². The molecule has 0 saturated carbocycles. The summed E-state index contributed by atoms with van der Waals surface area (Å²) in [7, 11) is 0. The molecule has 1 aliphatic rings. The number of nitrogens with zero attached hydrogens (tertiary/aromatic N) is 3. The number of rotatable bonds is 5. The van der Waals surface area contributed by atoms with Crippen molar-refractivity contribution >= 4 is 23.0 Å². The largest absolute Gasteiger partial charge is 0.392 e. The quantitative estimate of drug-likeness (QED) is 0.778. The van der Waals surface area contributed by atoms with Crippen LogP contribution >= 0.6 is 12.2 Å². The van der Waals surface area contributed by atoms with E-state index in [9.17, 15) is 4.79 Å². The van der Waals surface area contributed by atoms with E-state index in [2.05, 4.69) is 26.7 Å². The summed E-state index contributed by atoms with van der Waals surface area (Å²) in [6, 6.07) is 1.74. The molecule has 7 heteroatoms. The maximum atomic E-state index is 11.5. The highest BCUT2D eigenvalue weighted by Gasteiger charge is 2.25. The number of hydrogen-bond donors (Lipinski definition) is 2. The van der Waals surface area contributed by atoms with Crippen LogP contribution in [-0.2, 0) is 0 Å². The number of nitrogens with two attached hydrogens (primary N) is 1. The third kappa shape index (κ3) is 4.01. The number of H-pyrrole nitrogens is 1. The number of aromatic amines is 1. The lowest BCUT2D eigenvalue weighted by atomic mass is 10.1. The molecule has 0 amide bonds. The summed E-state index contributed by atoms with van der Waals surface area (Å²) in [5.74, 6) is 1.39. The Labute approximate surface area is 130 Å². The molecule has 1 unspecified atom stereocenters. The Morgan fingerprint density at radius 2 is 2.14 bits per heavy atom. The van der Waals surface area contributed by atoms with E-state index in [0.717, 1.165) is 44.8 Å². The average Bonchev–Trinajstić information content (AvgIpc) is 2.43. The lowest BCUT2D eigenvalue weighted by Crippen LogP contribution is -2.54. The van der Waals surface area contributed by atoms with Crippen LogP contribution in [0.4, 0.5) is 5.82 Å². The molecule has 1 saturated heterocycles.